The maximum Gasteiger partial charge on any atom is 0.268 e. The molecule has 59 heavy (non-hydrogen) atoms. The highest BCUT2D eigenvalue weighted by Crippen LogP contribution is 2.38. The number of aliphatic hydroxyl groups is 1. The minimum absolute atomic E-state index is 0.0197. The van der Waals surface area contributed by atoms with Crippen LogP contribution >= 0.6 is 7.82 Å². The van der Waals surface area contributed by atoms with Crippen LogP contribution in [0.3, 0.4) is 0 Å². The van der Waals surface area contributed by atoms with Gasteiger partial charge in [-0.3, -0.25) is 9.36 Å². The van der Waals surface area contributed by atoms with Crippen LogP contribution in [0.15, 0.2) is 122 Å². The SMILES string of the molecule is CC/C=C\C/C=C\C/C=C\C/C=C\C/C=C\C/C=C\C/C=C\C/C=C\C/C=C\CCCC(=O)NC(COP(=O)([O-])OCC[N+](C)(C)C)C(O)/C=C/CCCCCCCC. The van der Waals surface area contributed by atoms with Crippen LogP contribution in [-0.2, 0) is 18.4 Å². The van der Waals surface area contributed by atoms with Crippen LogP contribution in [0, 0.1) is 0 Å². The highest BCUT2D eigenvalue weighted by molar-refractivity contribution is 7.45. The zero-order valence-corrected chi connectivity index (χ0v) is 38.5. The lowest BCUT2D eigenvalue weighted by atomic mass is 10.1. The van der Waals surface area contributed by atoms with E-state index >= 15 is 0 Å². The Morgan fingerprint density at radius 2 is 1.03 bits per heavy atom. The summed E-state index contributed by atoms with van der Waals surface area (Å²) in [7, 11) is 1.20. The molecule has 0 bridgehead atoms. The van der Waals surface area contributed by atoms with Crippen molar-refractivity contribution in [2.75, 3.05) is 40.9 Å². The lowest BCUT2D eigenvalue weighted by Gasteiger charge is -2.29. The smallest absolute Gasteiger partial charge is 0.268 e. The molecule has 0 aromatic rings. The Morgan fingerprint density at radius 3 is 1.49 bits per heavy atom. The topological polar surface area (TPSA) is 108 Å². The molecule has 334 valence electrons. The number of quaternary nitrogens is 1. The Hall–Kier alpha value is -3.10. The number of hydrogen-bond acceptors (Lipinski definition) is 6. The molecule has 0 aromatic carbocycles. The minimum Gasteiger partial charge on any atom is -0.756 e. The average molecular weight is 839 g/mol. The van der Waals surface area contributed by atoms with Crippen molar-refractivity contribution < 1.29 is 32.9 Å². The molecule has 0 radical (unpaired) electrons. The molecule has 8 nitrogen and oxygen atoms in total. The first-order valence-corrected chi connectivity index (χ1v) is 23.9. The third-order valence-corrected chi connectivity index (χ3v) is 9.89. The quantitative estimate of drug-likeness (QED) is 0.0277. The Labute approximate surface area is 361 Å². The fourth-order valence-corrected chi connectivity index (χ4v) is 6.11. The minimum atomic E-state index is -4.60. The van der Waals surface area contributed by atoms with Crippen molar-refractivity contribution in [3.8, 4) is 0 Å². The molecule has 0 saturated heterocycles. The maximum absolute atomic E-state index is 12.8. The number of carbonyl (C=O) groups is 1. The monoisotopic (exact) mass is 839 g/mol. The zero-order chi connectivity index (χ0) is 43.6. The van der Waals surface area contributed by atoms with Gasteiger partial charge in [0.05, 0.1) is 39.9 Å². The summed E-state index contributed by atoms with van der Waals surface area (Å²) in [5.74, 6) is -0.266. The summed E-state index contributed by atoms with van der Waals surface area (Å²) in [6.07, 6.45) is 59.9. The Kier molecular flexibility index (Phi) is 38.2. The van der Waals surface area contributed by atoms with Crippen molar-refractivity contribution >= 4 is 13.7 Å². The predicted molar refractivity (Wildman–Crippen MR) is 251 cm³/mol. The van der Waals surface area contributed by atoms with Crippen LogP contribution in [0.4, 0.5) is 0 Å². The van der Waals surface area contributed by atoms with E-state index in [4.69, 9.17) is 9.05 Å². The molecule has 0 aliphatic rings. The summed E-state index contributed by atoms with van der Waals surface area (Å²) < 4.78 is 23.0. The van der Waals surface area contributed by atoms with E-state index in [0.29, 0.717) is 17.4 Å². The summed E-state index contributed by atoms with van der Waals surface area (Å²) in [5, 5.41) is 13.6. The summed E-state index contributed by atoms with van der Waals surface area (Å²) in [5.41, 5.74) is 0. The van der Waals surface area contributed by atoms with Crippen molar-refractivity contribution in [2.45, 2.75) is 148 Å². The third kappa shape index (κ3) is 42.8. The number of likely N-dealkylation sites (N-methyl/N-ethyl adjacent to an activating group) is 1. The zero-order valence-electron chi connectivity index (χ0n) is 37.6. The van der Waals surface area contributed by atoms with E-state index in [0.717, 1.165) is 83.5 Å². The Balaban J connectivity index is 4.36. The molecule has 0 heterocycles. The fraction of sp³-hybridized carbons (Fsp3) is 0.580. The van der Waals surface area contributed by atoms with Crippen molar-refractivity contribution in [3.05, 3.63) is 122 Å². The second kappa shape index (κ2) is 40.3. The lowest BCUT2D eigenvalue weighted by Crippen LogP contribution is -2.45. The van der Waals surface area contributed by atoms with E-state index in [1.807, 2.05) is 27.2 Å². The number of nitrogens with one attached hydrogen (secondary N) is 1. The average Bonchev–Trinajstić information content (AvgIpc) is 3.19. The van der Waals surface area contributed by atoms with Gasteiger partial charge in [-0.05, 0) is 83.5 Å². The van der Waals surface area contributed by atoms with Crippen LogP contribution in [-0.4, -0.2) is 68.5 Å². The van der Waals surface area contributed by atoms with Gasteiger partial charge in [0.15, 0.2) is 0 Å². The molecule has 0 fully saturated rings. The normalized spacial score (nSPS) is 15.4. The number of aliphatic hydroxyl groups excluding tert-OH is 1. The second-order valence-corrected chi connectivity index (χ2v) is 17.1. The summed E-state index contributed by atoms with van der Waals surface area (Å²) in [4.78, 5) is 25.2. The van der Waals surface area contributed by atoms with E-state index in [1.54, 1.807) is 6.08 Å². The molecule has 0 saturated carbocycles. The first-order chi connectivity index (χ1) is 28.5. The largest absolute Gasteiger partial charge is 0.756 e. The first kappa shape index (κ1) is 55.9. The van der Waals surface area contributed by atoms with Crippen molar-refractivity contribution in [1.82, 2.24) is 5.32 Å². The van der Waals surface area contributed by atoms with Crippen molar-refractivity contribution in [3.63, 3.8) is 0 Å². The standard InChI is InChI=1S/C50H83N2O6P/c1-6-8-10-12-14-16-17-18-19-20-21-22-23-24-25-26-27-28-29-30-31-32-33-34-35-36-38-40-42-44-50(54)51-48(47-58-59(55,56)57-46-45-52(3,4)5)49(53)43-41-39-37-15-13-11-9-7-2/h8,10,14,16,18-19,21-22,24-25,27-28,30-31,33-34,36,38,41,43,48-49,53H,6-7,9,11-13,15,17,20,23,26,29,32,35,37,39-40,42,44-47H2,1-5H3,(H-,51,54,55,56)/b10-8-,16-14-,19-18-,22-21-,25-24-,28-27-,31-30-,34-33-,38-36-,43-41+. The summed E-state index contributed by atoms with van der Waals surface area (Å²) >= 11 is 0. The molecule has 9 heteroatoms. The van der Waals surface area contributed by atoms with Gasteiger partial charge in [-0.25, -0.2) is 0 Å². The van der Waals surface area contributed by atoms with Gasteiger partial charge in [0, 0.05) is 6.42 Å². The van der Waals surface area contributed by atoms with Gasteiger partial charge in [0.1, 0.15) is 13.2 Å². The van der Waals surface area contributed by atoms with Gasteiger partial charge in [-0.15, -0.1) is 0 Å². The second-order valence-electron chi connectivity index (χ2n) is 15.7. The van der Waals surface area contributed by atoms with Crippen LogP contribution in [0.5, 0.6) is 0 Å². The number of phosphoric ester groups is 1. The van der Waals surface area contributed by atoms with Crippen LogP contribution in [0.1, 0.15) is 136 Å². The van der Waals surface area contributed by atoms with Gasteiger partial charge in [-0.2, -0.15) is 0 Å². The van der Waals surface area contributed by atoms with Gasteiger partial charge in [-0.1, -0.05) is 167 Å². The lowest BCUT2D eigenvalue weighted by molar-refractivity contribution is -0.870. The number of rotatable bonds is 38. The summed E-state index contributed by atoms with van der Waals surface area (Å²) in [6.45, 7) is 4.40. The number of phosphoric acid groups is 1. The van der Waals surface area contributed by atoms with Crippen LogP contribution in [0.2, 0.25) is 0 Å². The molecule has 3 unspecified atom stereocenters. The van der Waals surface area contributed by atoms with Gasteiger partial charge in [0.2, 0.25) is 5.91 Å². The molecule has 0 rings (SSSR count). The van der Waals surface area contributed by atoms with Gasteiger partial charge in [0.25, 0.3) is 7.82 Å². The Morgan fingerprint density at radius 1 is 0.610 bits per heavy atom. The highest BCUT2D eigenvalue weighted by Gasteiger charge is 2.23. The fourth-order valence-electron chi connectivity index (χ4n) is 5.39. The van der Waals surface area contributed by atoms with Crippen LogP contribution in [0.25, 0.3) is 0 Å². The van der Waals surface area contributed by atoms with Crippen molar-refractivity contribution in [1.29, 1.82) is 0 Å². The van der Waals surface area contributed by atoms with E-state index in [-0.39, 0.29) is 18.9 Å². The number of unbranched alkanes of at least 4 members (excludes halogenated alkanes) is 7. The maximum atomic E-state index is 12.8. The number of carbonyl (C=O) groups excluding carboxylic acids is 1. The number of allylic oxidation sites excluding steroid dienone is 19. The molecule has 0 aromatic heterocycles. The number of nitrogens with zero attached hydrogens (tertiary/aromatic N) is 1. The molecule has 3 atom stereocenters. The van der Waals surface area contributed by atoms with Crippen molar-refractivity contribution in [2.24, 2.45) is 0 Å². The van der Waals surface area contributed by atoms with E-state index in [1.165, 1.54) is 25.7 Å². The Bertz CT molecular complexity index is 1370. The predicted octanol–water partition coefficient (Wildman–Crippen LogP) is 12.1. The van der Waals surface area contributed by atoms with E-state index in [2.05, 4.69) is 129 Å². The molecule has 0 aliphatic heterocycles. The first-order valence-electron chi connectivity index (χ1n) is 22.4. The van der Waals surface area contributed by atoms with Gasteiger partial charge >= 0.3 is 0 Å². The molecule has 0 spiro atoms. The molecule has 0 aliphatic carbocycles. The molecular formula is C50H83N2O6P. The number of hydrogen-bond donors (Lipinski definition) is 2. The number of amides is 1. The molecule has 1 amide bonds. The molecular weight excluding hydrogens is 756 g/mol. The highest BCUT2D eigenvalue weighted by atomic mass is 31.2. The summed E-state index contributed by atoms with van der Waals surface area (Å²) in [6, 6.07) is -0.923. The molecule has 2 N–H and O–H groups in total. The van der Waals surface area contributed by atoms with Gasteiger partial charge < -0.3 is 28.8 Å². The van der Waals surface area contributed by atoms with E-state index in [9.17, 15) is 19.4 Å². The third-order valence-electron chi connectivity index (χ3n) is 8.93. The van der Waals surface area contributed by atoms with E-state index < -0.39 is 26.6 Å². The van der Waals surface area contributed by atoms with Crippen LogP contribution < -0.4 is 10.2 Å².